The molecule has 3 atom stereocenters. The number of hydrogen-bond acceptors (Lipinski definition) is 2. The van der Waals surface area contributed by atoms with Crippen molar-refractivity contribution < 1.29 is 4.21 Å². The first kappa shape index (κ1) is 22.7. The van der Waals surface area contributed by atoms with E-state index in [1.54, 1.807) is 0 Å². The zero-order chi connectivity index (χ0) is 18.4. The van der Waals surface area contributed by atoms with Gasteiger partial charge in [-0.3, -0.25) is 9.20 Å². The first-order valence-corrected chi connectivity index (χ1v) is 11.5. The lowest BCUT2D eigenvalue weighted by atomic mass is 9.95. The third-order valence-corrected chi connectivity index (χ3v) is 7.49. The number of hydrogen-bond donors (Lipinski definition) is 2. The summed E-state index contributed by atoms with van der Waals surface area (Å²) in [6.07, 6.45) is 6.84. The summed E-state index contributed by atoms with van der Waals surface area (Å²) in [6, 6.07) is 11.2. The first-order valence-electron chi connectivity index (χ1n) is 10.1. The number of nitrogens with one attached hydrogen (secondary N) is 2. The Morgan fingerprint density at radius 2 is 1.96 bits per heavy atom. The van der Waals surface area contributed by atoms with Gasteiger partial charge in [0.1, 0.15) is 0 Å². The Morgan fingerprint density at radius 1 is 1.22 bits per heavy atom. The summed E-state index contributed by atoms with van der Waals surface area (Å²) in [6.45, 7) is 5.83. The number of halogens is 1. The van der Waals surface area contributed by atoms with Crippen LogP contribution in [0.4, 0.5) is 0 Å². The highest BCUT2D eigenvalue weighted by molar-refractivity contribution is 14.0. The fourth-order valence-corrected chi connectivity index (χ4v) is 5.32. The van der Waals surface area contributed by atoms with Crippen molar-refractivity contribution in [2.24, 2.45) is 4.99 Å². The smallest absolute Gasteiger partial charge is 0.191 e. The van der Waals surface area contributed by atoms with E-state index in [4.69, 9.17) is 4.99 Å². The van der Waals surface area contributed by atoms with Gasteiger partial charge in [-0.1, -0.05) is 43.7 Å². The van der Waals surface area contributed by atoms with E-state index in [9.17, 15) is 4.21 Å². The van der Waals surface area contributed by atoms with Crippen LogP contribution in [0.2, 0.25) is 0 Å². The van der Waals surface area contributed by atoms with Crippen molar-refractivity contribution in [1.82, 2.24) is 10.6 Å². The molecule has 0 aromatic heterocycles. The van der Waals surface area contributed by atoms with Crippen LogP contribution in [0.15, 0.2) is 35.3 Å². The van der Waals surface area contributed by atoms with E-state index >= 15 is 0 Å². The quantitative estimate of drug-likeness (QED) is 0.337. The Morgan fingerprint density at radius 3 is 2.59 bits per heavy atom. The minimum atomic E-state index is -0.686. The lowest BCUT2D eigenvalue weighted by Crippen LogP contribution is -2.47. The number of nitrogens with zero attached hydrogens (tertiary/aromatic N) is 1. The Kier molecular flexibility index (Phi) is 9.05. The summed E-state index contributed by atoms with van der Waals surface area (Å²) in [4.78, 5) is 4.93. The van der Waals surface area contributed by atoms with Crippen LogP contribution >= 0.6 is 24.0 Å². The van der Waals surface area contributed by atoms with Crippen molar-refractivity contribution in [3.8, 4) is 0 Å². The second-order valence-corrected chi connectivity index (χ2v) is 9.65. The molecule has 1 aromatic carbocycles. The van der Waals surface area contributed by atoms with Crippen LogP contribution in [0.5, 0.6) is 0 Å². The second-order valence-electron chi connectivity index (χ2n) is 7.64. The largest absolute Gasteiger partial charge is 0.357 e. The Hall–Kier alpha value is -0.630. The molecule has 0 heterocycles. The highest BCUT2D eigenvalue weighted by Crippen LogP contribution is 2.48. The molecule has 2 fully saturated rings. The van der Waals surface area contributed by atoms with Crippen LogP contribution in [0.1, 0.15) is 57.9 Å². The predicted molar refractivity (Wildman–Crippen MR) is 127 cm³/mol. The van der Waals surface area contributed by atoms with Gasteiger partial charge in [-0.2, -0.15) is 0 Å². The highest BCUT2D eigenvalue weighted by Gasteiger charge is 2.44. The van der Waals surface area contributed by atoms with Gasteiger partial charge in [0.25, 0.3) is 0 Å². The van der Waals surface area contributed by atoms with Gasteiger partial charge in [-0.05, 0) is 44.6 Å². The van der Waals surface area contributed by atoms with Gasteiger partial charge in [-0.15, -0.1) is 24.0 Å². The molecular weight excluding hydrogens is 469 g/mol. The summed E-state index contributed by atoms with van der Waals surface area (Å²) in [5.74, 6) is 1.69. The summed E-state index contributed by atoms with van der Waals surface area (Å²) >= 11 is 0. The van der Waals surface area contributed by atoms with Crippen molar-refractivity contribution in [3.05, 3.63) is 35.9 Å². The molecule has 2 N–H and O–H groups in total. The molecule has 0 spiro atoms. The minimum Gasteiger partial charge on any atom is -0.357 e. The monoisotopic (exact) mass is 503 g/mol. The molecule has 3 rings (SSSR count). The molecule has 152 valence electrons. The number of benzene rings is 1. The van der Waals surface area contributed by atoms with E-state index in [1.807, 2.05) is 6.92 Å². The van der Waals surface area contributed by atoms with Gasteiger partial charge in [0.05, 0.1) is 6.54 Å². The Bertz CT molecular complexity index is 634. The maximum Gasteiger partial charge on any atom is 0.191 e. The standard InChI is InChI=1S/C21H33N3OS.HI/c1-3-22-20(24-18-11-8-12-19(15-18)26(25)4-2)23-16-21(13-14-21)17-9-6-5-7-10-17;/h5-7,9-10,18-19H,3-4,8,11-16H2,1-2H3,(H2,22,23,24);1H. The lowest BCUT2D eigenvalue weighted by Gasteiger charge is -2.30. The highest BCUT2D eigenvalue weighted by atomic mass is 127. The van der Waals surface area contributed by atoms with E-state index in [-0.39, 0.29) is 29.4 Å². The molecule has 2 aliphatic carbocycles. The van der Waals surface area contributed by atoms with Crippen molar-refractivity contribution in [1.29, 1.82) is 0 Å². The van der Waals surface area contributed by atoms with E-state index in [0.717, 1.165) is 50.5 Å². The molecular formula is C21H34IN3OS. The molecule has 1 aromatic rings. The molecule has 6 heteroatoms. The van der Waals surface area contributed by atoms with Crippen LogP contribution in [-0.4, -0.2) is 40.3 Å². The van der Waals surface area contributed by atoms with Gasteiger partial charge in [-0.25, -0.2) is 0 Å². The van der Waals surface area contributed by atoms with Gasteiger partial charge in [0, 0.05) is 39.8 Å². The molecule has 4 nitrogen and oxygen atoms in total. The second kappa shape index (κ2) is 10.8. The third-order valence-electron chi connectivity index (χ3n) is 5.75. The Balaban J connectivity index is 0.00000261. The molecule has 2 saturated carbocycles. The predicted octanol–water partition coefficient (Wildman–Crippen LogP) is 3.97. The summed E-state index contributed by atoms with van der Waals surface area (Å²) in [5.41, 5.74) is 1.65. The summed E-state index contributed by atoms with van der Waals surface area (Å²) < 4.78 is 12.2. The molecule has 27 heavy (non-hydrogen) atoms. The van der Waals surface area contributed by atoms with Gasteiger partial charge in [0.15, 0.2) is 5.96 Å². The van der Waals surface area contributed by atoms with Crippen molar-refractivity contribution >= 4 is 40.7 Å². The van der Waals surface area contributed by atoms with Crippen LogP contribution in [0.25, 0.3) is 0 Å². The van der Waals surface area contributed by atoms with E-state index in [1.165, 1.54) is 18.4 Å². The average Bonchev–Trinajstić information content (AvgIpc) is 3.48. The van der Waals surface area contributed by atoms with Crippen molar-refractivity contribution in [3.63, 3.8) is 0 Å². The molecule has 3 unspecified atom stereocenters. The van der Waals surface area contributed by atoms with Crippen molar-refractivity contribution in [2.75, 3.05) is 18.8 Å². The zero-order valence-corrected chi connectivity index (χ0v) is 19.7. The van der Waals surface area contributed by atoms with E-state index < -0.39 is 10.8 Å². The number of aliphatic imine (C=N–C) groups is 1. The SMILES string of the molecule is CCNC(=NCC1(c2ccccc2)CC1)NC1CCCC(S(=O)CC)C1.I. The summed E-state index contributed by atoms with van der Waals surface area (Å²) in [5, 5.41) is 7.37. The van der Waals surface area contributed by atoms with Crippen LogP contribution in [0, 0.1) is 0 Å². The first-order chi connectivity index (χ1) is 12.7. The van der Waals surface area contributed by atoms with Gasteiger partial charge >= 0.3 is 0 Å². The maximum absolute atomic E-state index is 12.2. The normalized spacial score (nSPS) is 25.2. The van der Waals surface area contributed by atoms with E-state index in [0.29, 0.717) is 11.3 Å². The molecule has 0 amide bonds. The third kappa shape index (κ3) is 6.17. The average molecular weight is 503 g/mol. The van der Waals surface area contributed by atoms with Crippen LogP contribution < -0.4 is 10.6 Å². The van der Waals surface area contributed by atoms with Gasteiger partial charge < -0.3 is 10.6 Å². The summed E-state index contributed by atoms with van der Waals surface area (Å²) in [7, 11) is -0.686. The van der Waals surface area contributed by atoms with Crippen molar-refractivity contribution in [2.45, 2.75) is 69.1 Å². The zero-order valence-electron chi connectivity index (χ0n) is 16.6. The fraction of sp³-hybridized carbons (Fsp3) is 0.667. The molecule has 0 saturated heterocycles. The topological polar surface area (TPSA) is 53.5 Å². The van der Waals surface area contributed by atoms with Crippen LogP contribution in [-0.2, 0) is 16.2 Å². The fourth-order valence-electron chi connectivity index (χ4n) is 3.97. The number of rotatable bonds is 7. The minimum absolute atomic E-state index is 0. The van der Waals surface area contributed by atoms with Crippen LogP contribution in [0.3, 0.4) is 0 Å². The molecule has 0 radical (unpaired) electrons. The Labute approximate surface area is 183 Å². The van der Waals surface area contributed by atoms with Gasteiger partial charge in [0.2, 0.25) is 0 Å². The van der Waals surface area contributed by atoms with E-state index in [2.05, 4.69) is 47.9 Å². The number of guanidine groups is 1. The molecule has 0 bridgehead atoms. The lowest BCUT2D eigenvalue weighted by molar-refractivity contribution is 0.413. The molecule has 0 aliphatic heterocycles. The molecule has 2 aliphatic rings. The maximum atomic E-state index is 12.2.